The molecular formula is C20H26N4O4S. The Morgan fingerprint density at radius 2 is 1.83 bits per heavy atom. The van der Waals surface area contributed by atoms with Gasteiger partial charge in [0.25, 0.3) is 5.56 Å². The molecule has 0 bridgehead atoms. The number of rotatable bonds is 2. The predicted molar refractivity (Wildman–Crippen MR) is 110 cm³/mol. The molecule has 1 fully saturated rings. The normalized spacial score (nSPS) is 16.9. The lowest BCUT2D eigenvalue weighted by atomic mass is 10.2. The topological polar surface area (TPSA) is 84.7 Å². The number of hydrogen-bond donors (Lipinski definition) is 0. The lowest BCUT2D eigenvalue weighted by Gasteiger charge is -2.35. The predicted octanol–water partition coefficient (Wildman–Crippen LogP) is 2.03. The molecule has 0 saturated carbocycles. The Morgan fingerprint density at radius 3 is 2.52 bits per heavy atom. The minimum Gasteiger partial charge on any atom is -0.444 e. The van der Waals surface area contributed by atoms with E-state index in [9.17, 15) is 14.4 Å². The second-order valence-corrected chi connectivity index (χ2v) is 9.65. The summed E-state index contributed by atoms with van der Waals surface area (Å²) in [5.74, 6) is -0.135. The lowest BCUT2D eigenvalue weighted by molar-refractivity contribution is -0.133. The second kappa shape index (κ2) is 7.44. The zero-order valence-corrected chi connectivity index (χ0v) is 17.9. The molecule has 0 aromatic carbocycles. The Bertz CT molecular complexity index is 1010. The maximum Gasteiger partial charge on any atom is 0.410 e. The van der Waals surface area contributed by atoms with Crippen LogP contribution in [0, 0.1) is 0 Å². The Kier molecular flexibility index (Phi) is 5.10. The highest BCUT2D eigenvalue weighted by molar-refractivity contribution is 7.18. The van der Waals surface area contributed by atoms with Gasteiger partial charge in [0, 0.05) is 31.1 Å². The largest absolute Gasteiger partial charge is 0.444 e. The molecule has 4 rings (SSSR count). The zero-order chi connectivity index (χ0) is 20.8. The Balaban J connectivity index is 1.41. The second-order valence-electron chi connectivity index (χ2n) is 8.56. The Hall–Kier alpha value is -2.42. The van der Waals surface area contributed by atoms with Gasteiger partial charge in [-0.15, -0.1) is 11.3 Å². The molecule has 1 aliphatic carbocycles. The smallest absolute Gasteiger partial charge is 0.410 e. The van der Waals surface area contributed by atoms with E-state index in [1.54, 1.807) is 21.1 Å². The summed E-state index contributed by atoms with van der Waals surface area (Å²) < 4.78 is 6.80. The third kappa shape index (κ3) is 4.01. The van der Waals surface area contributed by atoms with E-state index in [0.29, 0.717) is 31.6 Å². The van der Waals surface area contributed by atoms with E-state index in [0.717, 1.165) is 29.7 Å². The standard InChI is InChI=1S/C20H26N4O4S/c1-20(2,3)28-19(27)23-9-7-22(8-10-23)15(25)11-24-12-21-17-16(18(24)26)13-5-4-6-14(13)29-17/h12H,4-11H2,1-3H3. The Morgan fingerprint density at radius 1 is 1.14 bits per heavy atom. The van der Waals surface area contributed by atoms with Gasteiger partial charge in [-0.3, -0.25) is 14.2 Å². The maximum atomic E-state index is 12.9. The van der Waals surface area contributed by atoms with Crippen molar-refractivity contribution in [2.24, 2.45) is 0 Å². The molecular weight excluding hydrogens is 392 g/mol. The number of fused-ring (bicyclic) bond motifs is 3. The molecule has 0 N–H and O–H groups in total. The molecule has 156 valence electrons. The molecule has 0 spiro atoms. The van der Waals surface area contributed by atoms with Gasteiger partial charge < -0.3 is 14.5 Å². The van der Waals surface area contributed by atoms with Gasteiger partial charge in [-0.2, -0.15) is 0 Å². The fraction of sp³-hybridized carbons (Fsp3) is 0.600. The van der Waals surface area contributed by atoms with E-state index in [4.69, 9.17) is 4.74 Å². The number of hydrogen-bond acceptors (Lipinski definition) is 6. The number of carbonyl (C=O) groups is 2. The quantitative estimate of drug-likeness (QED) is 0.745. The minimum absolute atomic E-state index is 0.0289. The molecule has 0 atom stereocenters. The van der Waals surface area contributed by atoms with Crippen LogP contribution in [0.25, 0.3) is 10.2 Å². The summed E-state index contributed by atoms with van der Waals surface area (Å²) in [7, 11) is 0. The van der Waals surface area contributed by atoms with Crippen molar-refractivity contribution in [1.29, 1.82) is 0 Å². The molecule has 0 radical (unpaired) electrons. The molecule has 0 unspecified atom stereocenters. The van der Waals surface area contributed by atoms with Gasteiger partial charge in [0.15, 0.2) is 0 Å². The van der Waals surface area contributed by atoms with Crippen LogP contribution in [-0.2, 0) is 28.9 Å². The average molecular weight is 419 g/mol. The summed E-state index contributed by atoms with van der Waals surface area (Å²) in [5.41, 5.74) is 0.448. The molecule has 9 heteroatoms. The van der Waals surface area contributed by atoms with Crippen LogP contribution in [0.15, 0.2) is 11.1 Å². The number of thiophene rings is 1. The molecule has 2 amide bonds. The van der Waals surface area contributed by atoms with Crippen molar-refractivity contribution in [3.8, 4) is 0 Å². The van der Waals surface area contributed by atoms with Crippen LogP contribution in [0.3, 0.4) is 0 Å². The summed E-state index contributed by atoms with van der Waals surface area (Å²) in [6, 6.07) is 0. The van der Waals surface area contributed by atoms with Crippen LogP contribution in [-0.4, -0.2) is 63.1 Å². The van der Waals surface area contributed by atoms with E-state index >= 15 is 0 Å². The first-order chi connectivity index (χ1) is 13.7. The fourth-order valence-corrected chi connectivity index (χ4v) is 5.06. The number of aromatic nitrogens is 2. The molecule has 1 saturated heterocycles. The third-order valence-corrected chi connectivity index (χ3v) is 6.48. The molecule has 2 aromatic rings. The zero-order valence-electron chi connectivity index (χ0n) is 17.1. The first-order valence-electron chi connectivity index (χ1n) is 9.98. The van der Waals surface area contributed by atoms with Crippen molar-refractivity contribution >= 4 is 33.6 Å². The summed E-state index contributed by atoms with van der Waals surface area (Å²) in [6.45, 7) is 7.16. The molecule has 29 heavy (non-hydrogen) atoms. The number of aryl methyl sites for hydroxylation is 2. The van der Waals surface area contributed by atoms with Crippen molar-refractivity contribution < 1.29 is 14.3 Å². The first kappa shape index (κ1) is 19.9. The lowest BCUT2D eigenvalue weighted by Crippen LogP contribution is -2.52. The van der Waals surface area contributed by atoms with E-state index in [-0.39, 0.29) is 24.1 Å². The molecule has 3 heterocycles. The SMILES string of the molecule is CC(C)(C)OC(=O)N1CCN(C(=O)Cn2cnc3sc4c(c3c2=O)CCC4)CC1. The fourth-order valence-electron chi connectivity index (χ4n) is 3.84. The van der Waals surface area contributed by atoms with E-state index in [1.165, 1.54) is 15.8 Å². The van der Waals surface area contributed by atoms with Gasteiger partial charge in [0.1, 0.15) is 17.0 Å². The van der Waals surface area contributed by atoms with E-state index < -0.39 is 5.60 Å². The molecule has 1 aliphatic heterocycles. The first-order valence-corrected chi connectivity index (χ1v) is 10.8. The summed E-state index contributed by atoms with van der Waals surface area (Å²) in [6.07, 6.45) is 4.12. The highest BCUT2D eigenvalue weighted by Crippen LogP contribution is 2.34. The van der Waals surface area contributed by atoms with E-state index in [1.807, 2.05) is 20.8 Å². The number of nitrogens with zero attached hydrogens (tertiary/aromatic N) is 4. The van der Waals surface area contributed by atoms with E-state index in [2.05, 4.69) is 4.98 Å². The number of amides is 2. The summed E-state index contributed by atoms with van der Waals surface area (Å²) in [5, 5.41) is 0.688. The van der Waals surface area contributed by atoms with Crippen molar-refractivity contribution in [2.45, 2.75) is 52.2 Å². The summed E-state index contributed by atoms with van der Waals surface area (Å²) >= 11 is 1.59. The summed E-state index contributed by atoms with van der Waals surface area (Å²) in [4.78, 5) is 47.6. The van der Waals surface area contributed by atoms with Crippen molar-refractivity contribution in [2.75, 3.05) is 26.2 Å². The minimum atomic E-state index is -0.543. The van der Waals surface area contributed by atoms with Gasteiger partial charge in [-0.25, -0.2) is 9.78 Å². The van der Waals surface area contributed by atoms with Gasteiger partial charge in [0.2, 0.25) is 5.91 Å². The molecule has 2 aliphatic rings. The van der Waals surface area contributed by atoms with Crippen LogP contribution < -0.4 is 5.56 Å². The van der Waals surface area contributed by atoms with Crippen molar-refractivity contribution in [1.82, 2.24) is 19.4 Å². The van der Waals surface area contributed by atoms with Crippen LogP contribution >= 0.6 is 11.3 Å². The maximum absolute atomic E-state index is 12.9. The number of carbonyl (C=O) groups excluding carboxylic acids is 2. The molecule has 8 nitrogen and oxygen atoms in total. The van der Waals surface area contributed by atoms with Gasteiger partial charge in [-0.1, -0.05) is 0 Å². The van der Waals surface area contributed by atoms with Crippen molar-refractivity contribution in [3.63, 3.8) is 0 Å². The highest BCUT2D eigenvalue weighted by Gasteiger charge is 2.28. The number of ether oxygens (including phenoxy) is 1. The number of piperazine rings is 1. The molecule has 2 aromatic heterocycles. The highest BCUT2D eigenvalue weighted by atomic mass is 32.1. The van der Waals surface area contributed by atoms with Gasteiger partial charge >= 0.3 is 6.09 Å². The van der Waals surface area contributed by atoms with Crippen molar-refractivity contribution in [3.05, 3.63) is 27.1 Å². The monoisotopic (exact) mass is 418 g/mol. The van der Waals surface area contributed by atoms with Crippen LogP contribution in [0.5, 0.6) is 0 Å². The van der Waals surface area contributed by atoms with Crippen LogP contribution in [0.2, 0.25) is 0 Å². The Labute approximate surface area is 173 Å². The van der Waals surface area contributed by atoms with Crippen LogP contribution in [0.4, 0.5) is 4.79 Å². The van der Waals surface area contributed by atoms with Gasteiger partial charge in [-0.05, 0) is 45.6 Å². The van der Waals surface area contributed by atoms with Gasteiger partial charge in [0.05, 0.1) is 11.7 Å². The third-order valence-electron chi connectivity index (χ3n) is 5.28. The van der Waals surface area contributed by atoms with Crippen LogP contribution in [0.1, 0.15) is 37.6 Å². The average Bonchev–Trinajstić information content (AvgIpc) is 3.23.